The van der Waals surface area contributed by atoms with Crippen LogP contribution in [-0.4, -0.2) is 43.9 Å². The van der Waals surface area contributed by atoms with Crippen LogP contribution in [0.2, 0.25) is 0 Å². The number of aromatic nitrogens is 3. The van der Waals surface area contributed by atoms with Gasteiger partial charge in [0.05, 0.1) is 18.3 Å². The minimum atomic E-state index is -0.294. The molecule has 0 aliphatic carbocycles. The molecule has 1 N–H and O–H groups in total. The second-order valence-corrected chi connectivity index (χ2v) is 9.92. The standard InChI is InChI=1S/C26H33N5OS/c1-3-21-12-14-23(15-13-21)27-25(32)20(2)33-26-29-28-24(19-30-16-8-5-9-17-30)31(26)18-22-10-6-4-7-11-22/h4,6-7,10-15,20H,3,5,8-9,16-19H2,1-2H3,(H,27,32). The fourth-order valence-corrected chi connectivity index (χ4v) is 4.91. The number of nitrogens with zero attached hydrogens (tertiary/aromatic N) is 4. The predicted octanol–water partition coefficient (Wildman–Crippen LogP) is 4.99. The lowest BCUT2D eigenvalue weighted by molar-refractivity contribution is -0.115. The molecule has 0 bridgehead atoms. The summed E-state index contributed by atoms with van der Waals surface area (Å²) in [5.74, 6) is 0.933. The lowest BCUT2D eigenvalue weighted by Crippen LogP contribution is -2.30. The quantitative estimate of drug-likeness (QED) is 0.453. The number of hydrogen-bond acceptors (Lipinski definition) is 5. The second-order valence-electron chi connectivity index (χ2n) is 8.61. The molecule has 0 spiro atoms. The predicted molar refractivity (Wildman–Crippen MR) is 134 cm³/mol. The molecule has 1 aliphatic rings. The SMILES string of the molecule is CCc1ccc(NC(=O)C(C)Sc2nnc(CN3CCCCC3)n2Cc2ccccc2)cc1. The van der Waals surface area contributed by atoms with E-state index in [1.165, 1.54) is 42.2 Å². The van der Waals surface area contributed by atoms with Gasteiger partial charge in [0, 0.05) is 5.69 Å². The van der Waals surface area contributed by atoms with Gasteiger partial charge in [-0.15, -0.1) is 10.2 Å². The molecule has 7 heteroatoms. The van der Waals surface area contributed by atoms with Gasteiger partial charge >= 0.3 is 0 Å². The van der Waals surface area contributed by atoms with Crippen molar-refractivity contribution < 1.29 is 4.79 Å². The van der Waals surface area contributed by atoms with Gasteiger partial charge in [0.1, 0.15) is 5.82 Å². The zero-order valence-electron chi connectivity index (χ0n) is 19.5. The van der Waals surface area contributed by atoms with E-state index < -0.39 is 0 Å². The molecule has 1 atom stereocenters. The Morgan fingerprint density at radius 3 is 2.39 bits per heavy atom. The molecule has 1 aliphatic heterocycles. The Morgan fingerprint density at radius 1 is 0.970 bits per heavy atom. The van der Waals surface area contributed by atoms with Crippen LogP contribution in [0.1, 0.15) is 50.1 Å². The topological polar surface area (TPSA) is 63.1 Å². The summed E-state index contributed by atoms with van der Waals surface area (Å²) in [6.07, 6.45) is 4.77. The van der Waals surface area contributed by atoms with Crippen molar-refractivity contribution in [1.82, 2.24) is 19.7 Å². The molecule has 1 saturated heterocycles. The molecule has 1 fully saturated rings. The highest BCUT2D eigenvalue weighted by molar-refractivity contribution is 8.00. The highest BCUT2D eigenvalue weighted by Gasteiger charge is 2.22. The summed E-state index contributed by atoms with van der Waals surface area (Å²) in [5.41, 5.74) is 3.28. The highest BCUT2D eigenvalue weighted by Crippen LogP contribution is 2.25. The van der Waals surface area contributed by atoms with Crippen molar-refractivity contribution in [2.45, 2.75) is 63.0 Å². The Balaban J connectivity index is 1.48. The minimum absolute atomic E-state index is 0.0314. The fraction of sp³-hybridized carbons (Fsp3) is 0.423. The lowest BCUT2D eigenvalue weighted by atomic mass is 10.1. The zero-order valence-corrected chi connectivity index (χ0v) is 20.4. The number of hydrogen-bond donors (Lipinski definition) is 1. The van der Waals surface area contributed by atoms with Crippen molar-refractivity contribution in [1.29, 1.82) is 0 Å². The third-order valence-electron chi connectivity index (χ3n) is 6.07. The number of thioether (sulfide) groups is 1. The number of amides is 1. The number of carbonyl (C=O) groups is 1. The van der Waals surface area contributed by atoms with Crippen LogP contribution in [0.3, 0.4) is 0 Å². The van der Waals surface area contributed by atoms with Gasteiger partial charge in [-0.3, -0.25) is 9.69 Å². The fourth-order valence-electron chi connectivity index (χ4n) is 4.04. The van der Waals surface area contributed by atoms with E-state index in [0.717, 1.165) is 42.7 Å². The normalized spacial score (nSPS) is 15.3. The number of anilines is 1. The third kappa shape index (κ3) is 6.45. The van der Waals surface area contributed by atoms with Crippen LogP contribution in [0.15, 0.2) is 59.8 Å². The van der Waals surface area contributed by atoms with Crippen LogP contribution in [0.5, 0.6) is 0 Å². The molecule has 2 heterocycles. The van der Waals surface area contributed by atoms with Gasteiger partial charge in [0.15, 0.2) is 5.16 Å². The monoisotopic (exact) mass is 463 g/mol. The molecule has 4 rings (SSSR count). The first-order valence-corrected chi connectivity index (χ1v) is 12.7. The van der Waals surface area contributed by atoms with Crippen molar-refractivity contribution in [3.63, 3.8) is 0 Å². The average molecular weight is 464 g/mol. The molecule has 1 amide bonds. The van der Waals surface area contributed by atoms with E-state index in [-0.39, 0.29) is 11.2 Å². The number of carbonyl (C=O) groups excluding carboxylic acids is 1. The molecule has 1 aromatic heterocycles. The third-order valence-corrected chi connectivity index (χ3v) is 7.15. The number of likely N-dealkylation sites (tertiary alicyclic amines) is 1. The first kappa shape index (κ1) is 23.5. The summed E-state index contributed by atoms with van der Waals surface area (Å²) in [7, 11) is 0. The van der Waals surface area contributed by atoms with Crippen molar-refractivity contribution in [2.24, 2.45) is 0 Å². The van der Waals surface area contributed by atoms with Crippen LogP contribution in [0, 0.1) is 0 Å². The van der Waals surface area contributed by atoms with E-state index in [0.29, 0.717) is 6.54 Å². The molecule has 3 aromatic rings. The maximum absolute atomic E-state index is 12.9. The van der Waals surface area contributed by atoms with Gasteiger partial charge in [-0.05, 0) is 62.5 Å². The molecular weight excluding hydrogens is 430 g/mol. The van der Waals surface area contributed by atoms with E-state index in [1.54, 1.807) is 0 Å². The molecule has 0 saturated carbocycles. The largest absolute Gasteiger partial charge is 0.325 e. The molecule has 174 valence electrons. The van der Waals surface area contributed by atoms with Crippen LogP contribution in [0.25, 0.3) is 0 Å². The summed E-state index contributed by atoms with van der Waals surface area (Å²) < 4.78 is 2.18. The van der Waals surface area contributed by atoms with Gasteiger partial charge in [-0.2, -0.15) is 0 Å². The summed E-state index contributed by atoms with van der Waals surface area (Å²) in [6.45, 7) is 7.76. The molecule has 1 unspecified atom stereocenters. The Bertz CT molecular complexity index is 1030. The van der Waals surface area contributed by atoms with Crippen molar-refractivity contribution in [3.05, 3.63) is 71.5 Å². The van der Waals surface area contributed by atoms with Crippen LogP contribution < -0.4 is 5.32 Å². The molecule has 33 heavy (non-hydrogen) atoms. The molecular formula is C26H33N5OS. The summed E-state index contributed by atoms with van der Waals surface area (Å²) >= 11 is 1.47. The molecule has 0 radical (unpaired) electrons. The molecule has 6 nitrogen and oxygen atoms in total. The van der Waals surface area contributed by atoms with Gasteiger partial charge in [0.2, 0.25) is 5.91 Å². The maximum Gasteiger partial charge on any atom is 0.237 e. The zero-order chi connectivity index (χ0) is 23.0. The van der Waals surface area contributed by atoms with Gasteiger partial charge in [-0.1, -0.05) is 67.6 Å². The Hall–Kier alpha value is -2.64. The number of piperidine rings is 1. The van der Waals surface area contributed by atoms with Crippen molar-refractivity contribution >= 4 is 23.4 Å². The van der Waals surface area contributed by atoms with E-state index in [1.807, 2.05) is 25.1 Å². The van der Waals surface area contributed by atoms with E-state index in [9.17, 15) is 4.79 Å². The summed E-state index contributed by atoms with van der Waals surface area (Å²) in [4.78, 5) is 15.3. The lowest BCUT2D eigenvalue weighted by Gasteiger charge is -2.26. The minimum Gasteiger partial charge on any atom is -0.325 e. The van der Waals surface area contributed by atoms with Crippen molar-refractivity contribution in [2.75, 3.05) is 18.4 Å². The Morgan fingerprint density at radius 2 is 1.70 bits per heavy atom. The average Bonchev–Trinajstić information content (AvgIpc) is 3.21. The first-order valence-electron chi connectivity index (χ1n) is 11.9. The summed E-state index contributed by atoms with van der Waals surface area (Å²) in [6, 6.07) is 18.4. The van der Waals surface area contributed by atoms with E-state index in [2.05, 4.69) is 68.3 Å². The second kappa shape index (κ2) is 11.5. The van der Waals surface area contributed by atoms with Gasteiger partial charge in [0.25, 0.3) is 0 Å². The van der Waals surface area contributed by atoms with Crippen LogP contribution >= 0.6 is 11.8 Å². The summed E-state index contributed by atoms with van der Waals surface area (Å²) in [5, 5.41) is 12.6. The number of benzene rings is 2. The Labute approximate surface area is 200 Å². The number of rotatable bonds is 9. The Kier molecular flexibility index (Phi) is 8.18. The van der Waals surface area contributed by atoms with Gasteiger partial charge < -0.3 is 9.88 Å². The highest BCUT2D eigenvalue weighted by atomic mass is 32.2. The van der Waals surface area contributed by atoms with Crippen molar-refractivity contribution in [3.8, 4) is 0 Å². The number of aryl methyl sites for hydroxylation is 1. The van der Waals surface area contributed by atoms with Crippen LogP contribution in [-0.2, 0) is 24.3 Å². The number of nitrogens with one attached hydrogen (secondary N) is 1. The van der Waals surface area contributed by atoms with Gasteiger partial charge in [-0.25, -0.2) is 0 Å². The maximum atomic E-state index is 12.9. The smallest absolute Gasteiger partial charge is 0.237 e. The van der Waals surface area contributed by atoms with Crippen LogP contribution in [0.4, 0.5) is 5.69 Å². The van der Waals surface area contributed by atoms with E-state index in [4.69, 9.17) is 0 Å². The van der Waals surface area contributed by atoms with E-state index >= 15 is 0 Å². The molecule has 2 aromatic carbocycles. The first-order chi connectivity index (χ1) is 16.1.